The van der Waals surface area contributed by atoms with E-state index in [0.29, 0.717) is 11.8 Å². The number of rotatable bonds is 11. The summed E-state index contributed by atoms with van der Waals surface area (Å²) < 4.78 is 1.16. The van der Waals surface area contributed by atoms with Gasteiger partial charge < -0.3 is 0 Å². The molecule has 0 spiro atoms. The van der Waals surface area contributed by atoms with Crippen molar-refractivity contribution in [2.24, 2.45) is 11.8 Å². The maximum Gasteiger partial charge on any atom is 0.0776 e. The van der Waals surface area contributed by atoms with Gasteiger partial charge in [-0.1, -0.05) is 130 Å². The lowest BCUT2D eigenvalue weighted by molar-refractivity contribution is 0.308. The minimum atomic E-state index is -1.41. The first-order chi connectivity index (χ1) is 17.6. The van der Waals surface area contributed by atoms with Gasteiger partial charge in [0.15, 0.2) is 0 Å². The van der Waals surface area contributed by atoms with Gasteiger partial charge in [-0.15, -0.1) is 0 Å². The van der Waals surface area contributed by atoms with E-state index in [0.717, 1.165) is 17.3 Å². The second-order valence-corrected chi connectivity index (χ2v) is 18.9. The van der Waals surface area contributed by atoms with Crippen LogP contribution in [0, 0.1) is 11.8 Å². The molecule has 2 heteroatoms. The number of hydrogen-bond donors (Lipinski definition) is 0. The van der Waals surface area contributed by atoms with Gasteiger partial charge in [-0.25, -0.2) is 0 Å². The predicted molar refractivity (Wildman–Crippen MR) is 170 cm³/mol. The number of halogens is 1. The third-order valence-corrected chi connectivity index (χ3v) is 11.5. The topological polar surface area (TPSA) is 0 Å². The van der Waals surface area contributed by atoms with Crippen LogP contribution in [-0.2, 0) is 18.3 Å². The summed E-state index contributed by atoms with van der Waals surface area (Å²) >= 11 is 3.56. The first-order valence-electron chi connectivity index (χ1n) is 14.6. The minimum Gasteiger partial charge on any atom is -0.0656 e. The summed E-state index contributed by atoms with van der Waals surface area (Å²) in [6, 6.07) is 23.9. The average molecular weight is 576 g/mol. The largest absolute Gasteiger partial charge is 0.0776 e. The van der Waals surface area contributed by atoms with Crippen molar-refractivity contribution in [3.05, 3.63) is 87.4 Å². The van der Waals surface area contributed by atoms with Crippen molar-refractivity contribution in [2.45, 2.75) is 97.7 Å². The molecule has 0 saturated carbocycles. The highest BCUT2D eigenvalue weighted by Gasteiger charge is 2.44. The van der Waals surface area contributed by atoms with Gasteiger partial charge in [0.1, 0.15) is 0 Å². The predicted octanol–water partition coefficient (Wildman–Crippen LogP) is 10.3. The van der Waals surface area contributed by atoms with E-state index in [1.54, 1.807) is 16.3 Å². The molecule has 198 valence electrons. The standard InChI is InChI=1S/C35H47BrSi/c1-8-25(3)23-35(24-26(4)9-2)33-21-28(12-10-11-27-13-16-29(36)17-14-27)15-19-31(33)32-20-18-30(22-34(32)35)37(5,6)7/h13-22,25-26H,8-12,23-24H2,1-7H3. The van der Waals surface area contributed by atoms with E-state index in [-0.39, 0.29) is 5.41 Å². The van der Waals surface area contributed by atoms with Crippen molar-refractivity contribution in [3.63, 3.8) is 0 Å². The average Bonchev–Trinajstić information content (AvgIpc) is 3.13. The normalized spacial score (nSPS) is 18.4. The lowest BCUT2D eigenvalue weighted by Crippen LogP contribution is -2.39. The Hall–Kier alpha value is -1.64. The van der Waals surface area contributed by atoms with Crippen LogP contribution in [0.3, 0.4) is 0 Å². The van der Waals surface area contributed by atoms with Gasteiger partial charge in [-0.2, -0.15) is 0 Å². The van der Waals surface area contributed by atoms with Crippen molar-refractivity contribution in [2.75, 3.05) is 0 Å². The SMILES string of the molecule is CCC(C)CC1(CC(C)CC)c2cc(CCCc3ccc(Br)cc3)ccc2-c2ccc([Si](C)(C)C)cc21. The fourth-order valence-electron chi connectivity index (χ4n) is 6.31. The van der Waals surface area contributed by atoms with E-state index in [2.05, 4.69) is 124 Å². The molecule has 3 aromatic carbocycles. The highest BCUT2D eigenvalue weighted by molar-refractivity contribution is 9.10. The summed E-state index contributed by atoms with van der Waals surface area (Å²) in [4.78, 5) is 0. The Labute approximate surface area is 236 Å². The van der Waals surface area contributed by atoms with Crippen molar-refractivity contribution in [3.8, 4) is 11.1 Å². The van der Waals surface area contributed by atoms with Crippen LogP contribution in [0.5, 0.6) is 0 Å². The molecule has 1 aliphatic rings. The monoisotopic (exact) mass is 574 g/mol. The molecule has 37 heavy (non-hydrogen) atoms. The van der Waals surface area contributed by atoms with Gasteiger partial charge in [0.25, 0.3) is 0 Å². The Morgan fingerprint density at radius 2 is 1.22 bits per heavy atom. The van der Waals surface area contributed by atoms with Crippen molar-refractivity contribution >= 4 is 29.2 Å². The fraction of sp³-hybridized carbons (Fsp3) is 0.486. The molecule has 0 N–H and O–H groups in total. The maximum atomic E-state index is 3.56. The maximum absolute atomic E-state index is 3.56. The summed E-state index contributed by atoms with van der Waals surface area (Å²) in [5.41, 5.74) is 9.33. The first-order valence-corrected chi connectivity index (χ1v) is 18.9. The second kappa shape index (κ2) is 11.6. The van der Waals surface area contributed by atoms with Crippen LogP contribution < -0.4 is 5.19 Å². The first kappa shape index (κ1) is 28.4. The van der Waals surface area contributed by atoms with Crippen LogP contribution >= 0.6 is 15.9 Å². The molecule has 2 unspecified atom stereocenters. The van der Waals surface area contributed by atoms with Gasteiger partial charge >= 0.3 is 0 Å². The van der Waals surface area contributed by atoms with E-state index >= 15 is 0 Å². The fourth-order valence-corrected chi connectivity index (χ4v) is 7.74. The van der Waals surface area contributed by atoms with Gasteiger partial charge in [0, 0.05) is 9.89 Å². The molecule has 0 aromatic heterocycles. The molecular weight excluding hydrogens is 528 g/mol. The van der Waals surface area contributed by atoms with Crippen molar-refractivity contribution in [1.82, 2.24) is 0 Å². The Bertz CT molecular complexity index is 1190. The molecule has 0 amide bonds. The number of fused-ring (bicyclic) bond motifs is 3. The quantitative estimate of drug-likeness (QED) is 0.200. The van der Waals surface area contributed by atoms with E-state index in [4.69, 9.17) is 0 Å². The van der Waals surface area contributed by atoms with Crippen LogP contribution in [0.2, 0.25) is 19.6 Å². The van der Waals surface area contributed by atoms with E-state index in [1.807, 2.05) is 0 Å². The molecule has 1 aliphatic carbocycles. The summed E-state index contributed by atoms with van der Waals surface area (Å²) in [7, 11) is -1.41. The van der Waals surface area contributed by atoms with Crippen LogP contribution in [0.25, 0.3) is 11.1 Å². The summed E-state index contributed by atoms with van der Waals surface area (Å²) in [6.45, 7) is 17.2. The smallest absolute Gasteiger partial charge is 0.0656 e. The zero-order valence-corrected chi connectivity index (χ0v) is 26.8. The number of hydrogen-bond acceptors (Lipinski definition) is 0. The van der Waals surface area contributed by atoms with Gasteiger partial charge in [0.05, 0.1) is 8.07 Å². The highest BCUT2D eigenvalue weighted by Crippen LogP contribution is 2.55. The Morgan fingerprint density at radius 3 is 1.78 bits per heavy atom. The van der Waals surface area contributed by atoms with E-state index in [1.165, 1.54) is 54.4 Å². The van der Waals surface area contributed by atoms with Gasteiger partial charge in [0.2, 0.25) is 0 Å². The Morgan fingerprint density at radius 1 is 0.703 bits per heavy atom. The third kappa shape index (κ3) is 6.17. The molecule has 2 atom stereocenters. The van der Waals surface area contributed by atoms with Crippen LogP contribution in [0.15, 0.2) is 65.1 Å². The summed E-state index contributed by atoms with van der Waals surface area (Å²) in [6.07, 6.45) is 8.46. The third-order valence-electron chi connectivity index (χ3n) is 8.92. The lowest BCUT2D eigenvalue weighted by Gasteiger charge is -2.37. The second-order valence-electron chi connectivity index (χ2n) is 12.9. The lowest BCUT2D eigenvalue weighted by atomic mass is 9.66. The Balaban J connectivity index is 1.76. The molecule has 3 aromatic rings. The molecule has 0 bridgehead atoms. The van der Waals surface area contributed by atoms with Crippen LogP contribution in [-0.4, -0.2) is 8.07 Å². The minimum absolute atomic E-state index is 0.132. The van der Waals surface area contributed by atoms with E-state index < -0.39 is 8.07 Å². The molecule has 0 heterocycles. The summed E-state index contributed by atoms with van der Waals surface area (Å²) in [5, 5.41) is 1.60. The molecule has 0 fully saturated rings. The zero-order valence-electron chi connectivity index (χ0n) is 24.3. The highest BCUT2D eigenvalue weighted by atomic mass is 79.9. The molecule has 0 saturated heterocycles. The van der Waals surface area contributed by atoms with Gasteiger partial charge in [-0.3, -0.25) is 0 Å². The Kier molecular flexibility index (Phi) is 8.91. The number of aryl methyl sites for hydroxylation is 2. The van der Waals surface area contributed by atoms with Crippen LogP contribution in [0.4, 0.5) is 0 Å². The molecule has 0 radical (unpaired) electrons. The molecular formula is C35H47BrSi. The molecule has 0 aliphatic heterocycles. The zero-order chi connectivity index (χ0) is 26.8. The van der Waals surface area contributed by atoms with Crippen molar-refractivity contribution in [1.29, 1.82) is 0 Å². The summed E-state index contributed by atoms with van der Waals surface area (Å²) in [5.74, 6) is 1.42. The molecule has 0 nitrogen and oxygen atoms in total. The van der Waals surface area contributed by atoms with E-state index in [9.17, 15) is 0 Å². The van der Waals surface area contributed by atoms with Crippen LogP contribution in [0.1, 0.15) is 82.1 Å². The number of benzene rings is 3. The van der Waals surface area contributed by atoms with Gasteiger partial charge in [-0.05, 0) is 89.5 Å². The molecule has 4 rings (SSSR count). The van der Waals surface area contributed by atoms with Crippen molar-refractivity contribution < 1.29 is 0 Å².